The molecule has 6 heteroatoms. The number of carbonyl (C=O) groups excluding carboxylic acids is 1. The van der Waals surface area contributed by atoms with Crippen molar-refractivity contribution in [3.63, 3.8) is 0 Å². The van der Waals surface area contributed by atoms with Crippen molar-refractivity contribution in [1.82, 2.24) is 20.4 Å². The van der Waals surface area contributed by atoms with Gasteiger partial charge in [0.05, 0.1) is 27.9 Å². The average molecular weight is 408 g/mol. The van der Waals surface area contributed by atoms with Gasteiger partial charge in [0.15, 0.2) is 0 Å². The Labute approximate surface area is 178 Å². The van der Waals surface area contributed by atoms with Crippen LogP contribution in [0.1, 0.15) is 21.7 Å². The Morgan fingerprint density at radius 2 is 1.77 bits per heavy atom. The van der Waals surface area contributed by atoms with Crippen molar-refractivity contribution in [3.8, 4) is 11.3 Å². The summed E-state index contributed by atoms with van der Waals surface area (Å²) < 4.78 is 5.37. The monoisotopic (exact) mass is 408 g/mol. The predicted molar refractivity (Wildman–Crippen MR) is 120 cm³/mol. The summed E-state index contributed by atoms with van der Waals surface area (Å²) in [6.07, 6.45) is 0.638. The molecule has 0 radical (unpaired) electrons. The first-order valence-corrected chi connectivity index (χ1v) is 10.1. The number of pyridine rings is 2. The zero-order chi connectivity index (χ0) is 21.2. The van der Waals surface area contributed by atoms with Crippen molar-refractivity contribution < 1.29 is 9.32 Å². The Hall–Kier alpha value is -4.06. The molecule has 0 saturated carbocycles. The molecule has 5 rings (SSSR count). The molecular formula is C25H20N4O2. The number of aromatic nitrogens is 3. The molecule has 6 nitrogen and oxygen atoms in total. The summed E-state index contributed by atoms with van der Waals surface area (Å²) in [7, 11) is 0. The van der Waals surface area contributed by atoms with E-state index in [-0.39, 0.29) is 5.91 Å². The van der Waals surface area contributed by atoms with Crippen LogP contribution in [0.5, 0.6) is 0 Å². The van der Waals surface area contributed by atoms with Gasteiger partial charge in [-0.2, -0.15) is 0 Å². The Morgan fingerprint density at radius 3 is 2.65 bits per heavy atom. The molecule has 0 aliphatic carbocycles. The minimum absolute atomic E-state index is 0.184. The predicted octanol–water partition coefficient (Wildman–Crippen LogP) is 4.72. The van der Waals surface area contributed by atoms with Crippen LogP contribution in [0.4, 0.5) is 0 Å². The lowest BCUT2D eigenvalue weighted by Crippen LogP contribution is -2.26. The lowest BCUT2D eigenvalue weighted by molar-refractivity contribution is 0.0955. The number of benzene rings is 2. The van der Waals surface area contributed by atoms with Gasteiger partial charge in [-0.15, -0.1) is 0 Å². The third kappa shape index (κ3) is 3.75. The summed E-state index contributed by atoms with van der Waals surface area (Å²) in [5.41, 5.74) is 4.98. The van der Waals surface area contributed by atoms with E-state index >= 15 is 0 Å². The second kappa shape index (κ2) is 7.99. The topological polar surface area (TPSA) is 80.9 Å². The van der Waals surface area contributed by atoms with Crippen LogP contribution in [0.2, 0.25) is 0 Å². The smallest absolute Gasteiger partial charge is 0.259 e. The van der Waals surface area contributed by atoms with Crippen LogP contribution in [0, 0.1) is 6.92 Å². The number of rotatable bonds is 5. The normalized spacial score (nSPS) is 11.1. The lowest BCUT2D eigenvalue weighted by Gasteiger charge is -2.09. The number of para-hydroxylation sites is 1. The highest BCUT2D eigenvalue weighted by atomic mass is 16.5. The molecule has 152 valence electrons. The van der Waals surface area contributed by atoms with Gasteiger partial charge in [0, 0.05) is 29.6 Å². The number of hydrogen-bond donors (Lipinski definition) is 1. The molecule has 0 unspecified atom stereocenters. The summed E-state index contributed by atoms with van der Waals surface area (Å²) in [4.78, 5) is 22.3. The summed E-state index contributed by atoms with van der Waals surface area (Å²) in [5, 5.41) is 8.75. The van der Waals surface area contributed by atoms with Gasteiger partial charge in [0.25, 0.3) is 11.6 Å². The Balaban J connectivity index is 1.39. The quantitative estimate of drug-likeness (QED) is 0.455. The maximum atomic E-state index is 13.1. The van der Waals surface area contributed by atoms with Gasteiger partial charge in [0.2, 0.25) is 0 Å². The Kier molecular flexibility index (Phi) is 4.88. The fourth-order valence-electron chi connectivity index (χ4n) is 3.68. The van der Waals surface area contributed by atoms with E-state index in [1.807, 2.05) is 67.6 Å². The number of amides is 1. The fraction of sp³-hybridized carbons (Fsp3) is 0.120. The van der Waals surface area contributed by atoms with E-state index in [1.165, 1.54) is 0 Å². The van der Waals surface area contributed by atoms with Crippen LogP contribution in [-0.4, -0.2) is 27.6 Å². The highest BCUT2D eigenvalue weighted by molar-refractivity contribution is 6.07. The van der Waals surface area contributed by atoms with E-state index in [2.05, 4.69) is 26.5 Å². The largest absolute Gasteiger partial charge is 0.352 e. The van der Waals surface area contributed by atoms with E-state index in [0.29, 0.717) is 41.0 Å². The van der Waals surface area contributed by atoms with Gasteiger partial charge in [-0.05, 0) is 25.1 Å². The standard InChI is InChI=1S/C25H20N4O2/c1-16-23-20(15-22(28-25(23)31-29-16)17-7-3-2-4-8-17)24(30)26-14-13-19-12-11-18-9-5-6-10-21(18)27-19/h2-12,15H,13-14H2,1H3,(H,26,30). The molecule has 0 aliphatic heterocycles. The highest BCUT2D eigenvalue weighted by Crippen LogP contribution is 2.27. The molecule has 1 N–H and O–H groups in total. The first-order chi connectivity index (χ1) is 15.2. The summed E-state index contributed by atoms with van der Waals surface area (Å²) in [6, 6.07) is 23.5. The van der Waals surface area contributed by atoms with E-state index in [9.17, 15) is 4.79 Å². The van der Waals surface area contributed by atoms with Crippen molar-refractivity contribution in [2.45, 2.75) is 13.3 Å². The summed E-state index contributed by atoms with van der Waals surface area (Å²) in [6.45, 7) is 2.28. The van der Waals surface area contributed by atoms with Gasteiger partial charge in [-0.3, -0.25) is 9.78 Å². The van der Waals surface area contributed by atoms with E-state index < -0.39 is 0 Å². The molecule has 0 saturated heterocycles. The number of fused-ring (bicyclic) bond motifs is 2. The minimum atomic E-state index is -0.184. The molecule has 1 amide bonds. The molecular weight excluding hydrogens is 388 g/mol. The summed E-state index contributed by atoms with van der Waals surface area (Å²) >= 11 is 0. The van der Waals surface area contributed by atoms with Gasteiger partial charge < -0.3 is 9.84 Å². The van der Waals surface area contributed by atoms with E-state index in [0.717, 1.165) is 22.2 Å². The van der Waals surface area contributed by atoms with Crippen LogP contribution in [-0.2, 0) is 6.42 Å². The zero-order valence-electron chi connectivity index (χ0n) is 17.0. The van der Waals surface area contributed by atoms with Crippen molar-refractivity contribution >= 4 is 27.9 Å². The van der Waals surface area contributed by atoms with Gasteiger partial charge >= 0.3 is 0 Å². The molecule has 3 aromatic heterocycles. The average Bonchev–Trinajstić information content (AvgIpc) is 3.19. The highest BCUT2D eigenvalue weighted by Gasteiger charge is 2.19. The van der Waals surface area contributed by atoms with Gasteiger partial charge in [-0.25, -0.2) is 4.98 Å². The van der Waals surface area contributed by atoms with Crippen LogP contribution in [0.15, 0.2) is 77.3 Å². The molecule has 0 aliphatic rings. The van der Waals surface area contributed by atoms with Crippen LogP contribution in [0.25, 0.3) is 33.3 Å². The van der Waals surface area contributed by atoms with Crippen molar-refractivity contribution in [2.24, 2.45) is 0 Å². The van der Waals surface area contributed by atoms with Crippen LogP contribution < -0.4 is 5.32 Å². The first-order valence-electron chi connectivity index (χ1n) is 10.1. The number of nitrogens with one attached hydrogen (secondary N) is 1. The third-order valence-electron chi connectivity index (χ3n) is 5.25. The number of carbonyl (C=O) groups is 1. The number of aryl methyl sites for hydroxylation is 1. The first kappa shape index (κ1) is 18.9. The second-order valence-electron chi connectivity index (χ2n) is 7.37. The number of nitrogens with zero attached hydrogens (tertiary/aromatic N) is 3. The number of hydrogen-bond acceptors (Lipinski definition) is 5. The Bertz CT molecular complexity index is 1390. The van der Waals surface area contributed by atoms with Crippen molar-refractivity contribution in [3.05, 3.63) is 89.7 Å². The van der Waals surface area contributed by atoms with E-state index in [1.54, 1.807) is 6.07 Å². The molecule has 5 aromatic rings. The molecule has 0 spiro atoms. The molecule has 0 atom stereocenters. The SMILES string of the molecule is Cc1noc2nc(-c3ccccc3)cc(C(=O)NCCc3ccc4ccccc4n3)c12. The fourth-order valence-corrected chi connectivity index (χ4v) is 3.68. The third-order valence-corrected chi connectivity index (χ3v) is 5.25. The van der Waals surface area contributed by atoms with Crippen molar-refractivity contribution in [1.29, 1.82) is 0 Å². The second-order valence-corrected chi connectivity index (χ2v) is 7.37. The lowest BCUT2D eigenvalue weighted by atomic mass is 10.1. The minimum Gasteiger partial charge on any atom is -0.352 e. The van der Waals surface area contributed by atoms with Crippen molar-refractivity contribution in [2.75, 3.05) is 6.54 Å². The van der Waals surface area contributed by atoms with Gasteiger partial charge in [0.1, 0.15) is 0 Å². The molecule has 2 aromatic carbocycles. The maximum absolute atomic E-state index is 13.1. The zero-order valence-corrected chi connectivity index (χ0v) is 17.0. The van der Waals surface area contributed by atoms with Crippen LogP contribution >= 0.6 is 0 Å². The van der Waals surface area contributed by atoms with E-state index in [4.69, 9.17) is 4.52 Å². The van der Waals surface area contributed by atoms with Gasteiger partial charge in [-0.1, -0.05) is 59.8 Å². The van der Waals surface area contributed by atoms with Crippen LogP contribution in [0.3, 0.4) is 0 Å². The maximum Gasteiger partial charge on any atom is 0.259 e. The molecule has 3 heterocycles. The molecule has 0 fully saturated rings. The summed E-state index contributed by atoms with van der Waals surface area (Å²) in [5.74, 6) is -0.184. The Morgan fingerprint density at radius 1 is 0.968 bits per heavy atom. The molecule has 0 bridgehead atoms. The molecule has 31 heavy (non-hydrogen) atoms.